The van der Waals surface area contributed by atoms with E-state index in [2.05, 4.69) is 17.2 Å². The zero-order chi connectivity index (χ0) is 15.2. The Morgan fingerprint density at radius 1 is 1.33 bits per heavy atom. The predicted octanol–water partition coefficient (Wildman–Crippen LogP) is 3.18. The van der Waals surface area contributed by atoms with Crippen molar-refractivity contribution >= 4 is 22.9 Å². The number of aryl methyl sites for hydroxylation is 1. The minimum Gasteiger partial charge on any atom is -0.494 e. The highest BCUT2D eigenvalue weighted by Gasteiger charge is 2.13. The fourth-order valence-electron chi connectivity index (χ4n) is 1.78. The first-order valence-corrected chi connectivity index (χ1v) is 7.65. The summed E-state index contributed by atoms with van der Waals surface area (Å²) in [7, 11) is 0. The highest BCUT2D eigenvalue weighted by atomic mass is 32.1. The number of nitrogens with one attached hydrogen (secondary N) is 2. The molecule has 1 amide bonds. The van der Waals surface area contributed by atoms with Gasteiger partial charge < -0.3 is 15.0 Å². The fraction of sp³-hybridized carbons (Fsp3) is 0.333. The number of carbonyl (C=O) groups is 1. The van der Waals surface area contributed by atoms with E-state index in [1.165, 1.54) is 0 Å². The smallest absolute Gasteiger partial charge is 0.305 e. The summed E-state index contributed by atoms with van der Waals surface area (Å²) in [4.78, 5) is 26.0. The first kappa shape index (κ1) is 15.3. The van der Waals surface area contributed by atoms with Gasteiger partial charge in [-0.1, -0.05) is 24.7 Å². The number of amides is 1. The Labute approximate surface area is 127 Å². The molecule has 5 nitrogen and oxygen atoms in total. The second kappa shape index (κ2) is 7.08. The van der Waals surface area contributed by atoms with Crippen LogP contribution in [0.15, 0.2) is 29.1 Å². The van der Waals surface area contributed by atoms with Crippen LogP contribution in [0.2, 0.25) is 0 Å². The molecular formula is C15H18N2O3S. The maximum absolute atomic E-state index is 12.1. The monoisotopic (exact) mass is 306 g/mol. The van der Waals surface area contributed by atoms with Gasteiger partial charge in [-0.15, -0.1) is 0 Å². The lowest BCUT2D eigenvalue weighted by Crippen LogP contribution is -2.11. The number of ether oxygens (including phenoxy) is 1. The van der Waals surface area contributed by atoms with Gasteiger partial charge in [0, 0.05) is 11.4 Å². The average molecular weight is 306 g/mol. The molecule has 2 N–H and O–H groups in total. The van der Waals surface area contributed by atoms with Gasteiger partial charge in [-0.25, -0.2) is 0 Å². The van der Waals surface area contributed by atoms with E-state index in [1.807, 2.05) is 12.1 Å². The molecule has 0 atom stereocenters. The standard InChI is InChI=1S/C15H18N2O3S/c1-3-4-9-20-12-7-5-11(6-8-12)17-14(18)13-10(2)16-15(19)21-13/h5-8H,3-4,9H2,1-2H3,(H,16,19)(H,17,18). The maximum atomic E-state index is 12.1. The summed E-state index contributed by atoms with van der Waals surface area (Å²) in [5.41, 5.74) is 1.25. The van der Waals surface area contributed by atoms with Crippen LogP contribution in [0.1, 0.15) is 35.1 Å². The lowest BCUT2D eigenvalue weighted by atomic mass is 10.3. The van der Waals surface area contributed by atoms with Gasteiger partial charge in [-0.3, -0.25) is 9.59 Å². The SMILES string of the molecule is CCCCOc1ccc(NC(=O)c2sc(=O)[nH]c2C)cc1. The lowest BCUT2D eigenvalue weighted by Gasteiger charge is -2.07. The summed E-state index contributed by atoms with van der Waals surface area (Å²) < 4.78 is 5.56. The molecule has 0 spiro atoms. The van der Waals surface area contributed by atoms with Crippen molar-refractivity contribution in [2.24, 2.45) is 0 Å². The van der Waals surface area contributed by atoms with Crippen molar-refractivity contribution in [1.29, 1.82) is 0 Å². The first-order valence-electron chi connectivity index (χ1n) is 6.84. The third-order valence-corrected chi connectivity index (χ3v) is 3.89. The van der Waals surface area contributed by atoms with Gasteiger partial charge in [0.05, 0.1) is 6.61 Å². The molecule has 112 valence electrons. The van der Waals surface area contributed by atoms with Gasteiger partial charge >= 0.3 is 4.87 Å². The van der Waals surface area contributed by atoms with Gasteiger partial charge in [0.15, 0.2) is 0 Å². The molecule has 1 aromatic carbocycles. The van der Waals surface area contributed by atoms with Crippen LogP contribution in [0.5, 0.6) is 5.75 Å². The Balaban J connectivity index is 1.98. The molecule has 0 unspecified atom stereocenters. The Kier molecular flexibility index (Phi) is 5.16. The van der Waals surface area contributed by atoms with E-state index in [0.29, 0.717) is 22.9 Å². The van der Waals surface area contributed by atoms with Crippen molar-refractivity contribution in [2.75, 3.05) is 11.9 Å². The van der Waals surface area contributed by atoms with Crippen molar-refractivity contribution in [3.8, 4) is 5.75 Å². The van der Waals surface area contributed by atoms with Crippen molar-refractivity contribution in [3.63, 3.8) is 0 Å². The third kappa shape index (κ3) is 4.19. The molecule has 0 bridgehead atoms. The predicted molar refractivity (Wildman–Crippen MR) is 84.5 cm³/mol. The van der Waals surface area contributed by atoms with Crippen LogP contribution in [0, 0.1) is 6.92 Å². The molecule has 6 heteroatoms. The van der Waals surface area contributed by atoms with Crippen molar-refractivity contribution in [1.82, 2.24) is 4.98 Å². The van der Waals surface area contributed by atoms with Crippen molar-refractivity contribution in [2.45, 2.75) is 26.7 Å². The quantitative estimate of drug-likeness (QED) is 0.805. The first-order chi connectivity index (χ1) is 10.1. The van der Waals surface area contributed by atoms with Gasteiger partial charge in [0.25, 0.3) is 5.91 Å². The molecule has 1 heterocycles. The van der Waals surface area contributed by atoms with E-state index in [-0.39, 0.29) is 10.8 Å². The summed E-state index contributed by atoms with van der Waals surface area (Å²) >= 11 is 0.911. The average Bonchev–Trinajstić information content (AvgIpc) is 2.80. The zero-order valence-electron chi connectivity index (χ0n) is 12.1. The minimum absolute atomic E-state index is 0.225. The summed E-state index contributed by atoms with van der Waals surface area (Å²) in [6, 6.07) is 7.20. The number of rotatable bonds is 6. The van der Waals surface area contributed by atoms with Crippen LogP contribution < -0.4 is 14.9 Å². The van der Waals surface area contributed by atoms with E-state index < -0.39 is 0 Å². The van der Waals surface area contributed by atoms with E-state index in [1.54, 1.807) is 19.1 Å². The van der Waals surface area contributed by atoms with Crippen molar-refractivity contribution in [3.05, 3.63) is 44.5 Å². The van der Waals surface area contributed by atoms with Crippen LogP contribution in [0.25, 0.3) is 0 Å². The molecule has 21 heavy (non-hydrogen) atoms. The molecular weight excluding hydrogens is 288 g/mol. The van der Waals surface area contributed by atoms with E-state index >= 15 is 0 Å². The zero-order valence-corrected chi connectivity index (χ0v) is 12.9. The summed E-state index contributed by atoms with van der Waals surface area (Å²) in [5, 5.41) is 2.76. The highest BCUT2D eigenvalue weighted by molar-refractivity contribution is 7.11. The Morgan fingerprint density at radius 3 is 2.62 bits per heavy atom. The Morgan fingerprint density at radius 2 is 2.05 bits per heavy atom. The normalized spacial score (nSPS) is 10.4. The van der Waals surface area contributed by atoms with Gasteiger partial charge in [-0.05, 0) is 37.6 Å². The second-order valence-electron chi connectivity index (χ2n) is 4.65. The highest BCUT2D eigenvalue weighted by Crippen LogP contribution is 2.18. The third-order valence-electron chi connectivity index (χ3n) is 2.91. The van der Waals surface area contributed by atoms with Crippen LogP contribution in [-0.4, -0.2) is 17.5 Å². The molecule has 2 rings (SSSR count). The second-order valence-corrected chi connectivity index (χ2v) is 5.63. The number of anilines is 1. The topological polar surface area (TPSA) is 71.2 Å². The lowest BCUT2D eigenvalue weighted by molar-refractivity contribution is 0.103. The summed E-state index contributed by atoms with van der Waals surface area (Å²) in [6.07, 6.45) is 2.11. The van der Waals surface area contributed by atoms with Gasteiger partial charge in [-0.2, -0.15) is 0 Å². The number of hydrogen-bond donors (Lipinski definition) is 2. The minimum atomic E-state index is -0.282. The number of benzene rings is 1. The molecule has 1 aromatic heterocycles. The Bertz CT molecular complexity index is 658. The molecule has 0 aliphatic heterocycles. The number of thiazole rings is 1. The van der Waals surface area contributed by atoms with Crippen molar-refractivity contribution < 1.29 is 9.53 Å². The molecule has 0 saturated heterocycles. The largest absolute Gasteiger partial charge is 0.494 e. The molecule has 0 radical (unpaired) electrons. The molecule has 0 fully saturated rings. The number of carbonyl (C=O) groups excluding carboxylic acids is 1. The van der Waals surface area contributed by atoms with Crippen LogP contribution in [0.3, 0.4) is 0 Å². The number of aromatic amines is 1. The number of hydrogen-bond acceptors (Lipinski definition) is 4. The fourth-order valence-corrected chi connectivity index (χ4v) is 2.52. The molecule has 0 saturated carbocycles. The van der Waals surface area contributed by atoms with Crippen LogP contribution >= 0.6 is 11.3 Å². The van der Waals surface area contributed by atoms with Gasteiger partial charge in [0.1, 0.15) is 10.6 Å². The van der Waals surface area contributed by atoms with Gasteiger partial charge in [0.2, 0.25) is 0 Å². The number of aromatic nitrogens is 1. The molecule has 0 aliphatic carbocycles. The van der Waals surface area contributed by atoms with Crippen LogP contribution in [-0.2, 0) is 0 Å². The van der Waals surface area contributed by atoms with E-state index in [0.717, 1.165) is 29.9 Å². The summed E-state index contributed by atoms with van der Waals surface area (Å²) in [6.45, 7) is 4.51. The Hall–Kier alpha value is -2.08. The molecule has 2 aromatic rings. The maximum Gasteiger partial charge on any atom is 0.305 e. The number of H-pyrrole nitrogens is 1. The molecule has 0 aliphatic rings. The van der Waals surface area contributed by atoms with E-state index in [9.17, 15) is 9.59 Å². The van der Waals surface area contributed by atoms with E-state index in [4.69, 9.17) is 4.74 Å². The summed E-state index contributed by atoms with van der Waals surface area (Å²) in [5.74, 6) is 0.499. The number of unbranched alkanes of at least 4 members (excludes halogenated alkanes) is 1. The van der Waals surface area contributed by atoms with Crippen LogP contribution in [0.4, 0.5) is 5.69 Å².